The minimum atomic E-state index is -1.06. The Morgan fingerprint density at radius 1 is 1.42 bits per heavy atom. The molecule has 2 aliphatic rings. The van der Waals surface area contributed by atoms with Gasteiger partial charge in [0, 0.05) is 0 Å². The van der Waals surface area contributed by atoms with Crippen LogP contribution in [0.1, 0.15) is 39.2 Å². The van der Waals surface area contributed by atoms with Crippen LogP contribution in [0.2, 0.25) is 0 Å². The Morgan fingerprint density at radius 2 is 2.17 bits per heavy atom. The van der Waals surface area contributed by atoms with E-state index in [0.717, 1.165) is 25.0 Å². The van der Waals surface area contributed by atoms with E-state index in [1.807, 2.05) is 32.0 Å². The number of benzene rings is 1. The van der Waals surface area contributed by atoms with Gasteiger partial charge in [-0.25, -0.2) is 0 Å². The molecule has 1 aromatic rings. The zero-order chi connectivity index (χ0) is 17.3. The number of amides is 1. The summed E-state index contributed by atoms with van der Waals surface area (Å²) >= 11 is 0. The molecule has 5 nitrogen and oxygen atoms in total. The summed E-state index contributed by atoms with van der Waals surface area (Å²) in [5, 5.41) is 2.91. The van der Waals surface area contributed by atoms with Crippen molar-refractivity contribution in [1.29, 1.82) is 0 Å². The van der Waals surface area contributed by atoms with E-state index < -0.39 is 5.60 Å². The molecule has 1 saturated heterocycles. The van der Waals surface area contributed by atoms with Crippen molar-refractivity contribution in [3.8, 4) is 5.75 Å². The van der Waals surface area contributed by atoms with Gasteiger partial charge in [-0.2, -0.15) is 0 Å². The third kappa shape index (κ3) is 2.87. The minimum absolute atomic E-state index is 0.0507. The highest BCUT2D eigenvalue weighted by Crippen LogP contribution is 2.40. The predicted molar refractivity (Wildman–Crippen MR) is 89.6 cm³/mol. The van der Waals surface area contributed by atoms with Gasteiger partial charge in [-0.1, -0.05) is 38.5 Å². The van der Waals surface area contributed by atoms with Crippen LogP contribution < -0.4 is 10.1 Å². The van der Waals surface area contributed by atoms with Gasteiger partial charge in [0.05, 0.1) is 6.54 Å². The van der Waals surface area contributed by atoms with Crippen LogP contribution >= 0.6 is 0 Å². The number of esters is 1. The zero-order valence-electron chi connectivity index (χ0n) is 14.5. The fourth-order valence-corrected chi connectivity index (χ4v) is 3.61. The molecule has 0 aliphatic carbocycles. The Hall–Kier alpha value is -2.04. The first-order valence-electron chi connectivity index (χ1n) is 8.71. The maximum absolute atomic E-state index is 12.6. The second-order valence-electron chi connectivity index (χ2n) is 6.99. The number of hydrogen-bond donors (Lipinski definition) is 1. The van der Waals surface area contributed by atoms with E-state index in [4.69, 9.17) is 9.47 Å². The molecule has 24 heavy (non-hydrogen) atoms. The molecule has 1 amide bonds. The van der Waals surface area contributed by atoms with Gasteiger partial charge in [-0.3, -0.25) is 9.59 Å². The number of aryl methyl sites for hydroxylation is 1. The van der Waals surface area contributed by atoms with E-state index in [9.17, 15) is 9.59 Å². The lowest BCUT2D eigenvalue weighted by atomic mass is 9.73. The SMILES string of the molecule is CC[C@H](C)[C@H]1C(=O)O[C@]1(C)C(=O)NCC1CCc2ccccc2O1. The van der Waals surface area contributed by atoms with E-state index in [1.54, 1.807) is 6.92 Å². The molecular weight excluding hydrogens is 306 g/mol. The van der Waals surface area contributed by atoms with Gasteiger partial charge >= 0.3 is 5.97 Å². The standard InChI is InChI=1S/C19H25NO4/c1-4-12(2)16-17(21)24-19(16,3)18(22)20-11-14-10-9-13-7-5-6-8-15(13)23-14/h5-8,12,14,16H,4,9-11H2,1-3H3,(H,20,22)/t12-,14?,16-,19-/m0/s1. The molecule has 3 rings (SSSR count). The van der Waals surface area contributed by atoms with E-state index in [1.165, 1.54) is 5.56 Å². The highest BCUT2D eigenvalue weighted by Gasteiger charge is 2.60. The van der Waals surface area contributed by atoms with Crippen molar-refractivity contribution < 1.29 is 19.1 Å². The molecule has 0 spiro atoms. The van der Waals surface area contributed by atoms with Gasteiger partial charge in [0.1, 0.15) is 17.8 Å². The summed E-state index contributed by atoms with van der Waals surface area (Å²) in [5.41, 5.74) is 0.149. The highest BCUT2D eigenvalue weighted by molar-refractivity contribution is 5.98. The number of hydrogen-bond acceptors (Lipinski definition) is 4. The minimum Gasteiger partial charge on any atom is -0.488 e. The first-order valence-corrected chi connectivity index (χ1v) is 8.71. The number of carbonyl (C=O) groups excluding carboxylic acids is 2. The van der Waals surface area contributed by atoms with Crippen molar-refractivity contribution in [3.63, 3.8) is 0 Å². The fourth-order valence-electron chi connectivity index (χ4n) is 3.61. The number of para-hydroxylation sites is 1. The Labute approximate surface area is 142 Å². The lowest BCUT2D eigenvalue weighted by Gasteiger charge is -2.46. The monoisotopic (exact) mass is 331 g/mol. The summed E-state index contributed by atoms with van der Waals surface area (Å²) in [5.74, 6) is 0.150. The first-order chi connectivity index (χ1) is 11.5. The maximum Gasteiger partial charge on any atom is 0.314 e. The Morgan fingerprint density at radius 3 is 2.88 bits per heavy atom. The summed E-state index contributed by atoms with van der Waals surface area (Å²) in [4.78, 5) is 24.3. The number of fused-ring (bicyclic) bond motifs is 1. The lowest BCUT2D eigenvalue weighted by Crippen LogP contribution is -2.66. The highest BCUT2D eigenvalue weighted by atomic mass is 16.6. The van der Waals surface area contributed by atoms with Crippen LogP contribution in [0.25, 0.3) is 0 Å². The molecule has 0 aromatic heterocycles. The van der Waals surface area contributed by atoms with Gasteiger partial charge in [-0.15, -0.1) is 0 Å². The molecule has 0 radical (unpaired) electrons. The molecular formula is C19H25NO4. The van der Waals surface area contributed by atoms with Crippen LogP contribution in [0.4, 0.5) is 0 Å². The van der Waals surface area contributed by atoms with Crippen LogP contribution in [0.3, 0.4) is 0 Å². The van der Waals surface area contributed by atoms with Crippen LogP contribution in [0.15, 0.2) is 24.3 Å². The Bertz CT molecular complexity index is 644. The molecule has 2 aliphatic heterocycles. The summed E-state index contributed by atoms with van der Waals surface area (Å²) in [6, 6.07) is 7.98. The maximum atomic E-state index is 12.6. The second kappa shape index (κ2) is 6.46. The summed E-state index contributed by atoms with van der Waals surface area (Å²) in [6.45, 7) is 6.13. The van der Waals surface area contributed by atoms with Crippen molar-refractivity contribution in [2.24, 2.45) is 11.8 Å². The summed E-state index contributed by atoms with van der Waals surface area (Å²) in [6.07, 6.45) is 2.59. The second-order valence-corrected chi connectivity index (χ2v) is 6.99. The Balaban J connectivity index is 1.57. The quantitative estimate of drug-likeness (QED) is 0.842. The normalized spacial score (nSPS) is 29.5. The van der Waals surface area contributed by atoms with Gasteiger partial charge in [0.25, 0.3) is 5.91 Å². The molecule has 0 bridgehead atoms. The van der Waals surface area contributed by atoms with Crippen LogP contribution in [0.5, 0.6) is 5.75 Å². The van der Waals surface area contributed by atoms with E-state index in [-0.39, 0.29) is 29.8 Å². The molecule has 5 heteroatoms. The zero-order valence-corrected chi connectivity index (χ0v) is 14.5. The molecule has 1 unspecified atom stereocenters. The van der Waals surface area contributed by atoms with Crippen LogP contribution in [0, 0.1) is 11.8 Å². The third-order valence-corrected chi connectivity index (χ3v) is 5.32. The van der Waals surface area contributed by atoms with Crippen LogP contribution in [-0.2, 0) is 20.7 Å². The molecule has 0 saturated carbocycles. The first kappa shape index (κ1) is 16.8. The molecule has 4 atom stereocenters. The molecule has 1 fully saturated rings. The van der Waals surface area contributed by atoms with Gasteiger partial charge in [0.2, 0.25) is 5.60 Å². The van der Waals surface area contributed by atoms with Crippen molar-refractivity contribution >= 4 is 11.9 Å². The van der Waals surface area contributed by atoms with Gasteiger partial charge < -0.3 is 14.8 Å². The van der Waals surface area contributed by atoms with Crippen molar-refractivity contribution in [3.05, 3.63) is 29.8 Å². The van der Waals surface area contributed by atoms with Crippen LogP contribution in [-0.4, -0.2) is 30.1 Å². The summed E-state index contributed by atoms with van der Waals surface area (Å²) < 4.78 is 11.2. The van der Waals surface area contributed by atoms with Crippen molar-refractivity contribution in [2.75, 3.05) is 6.54 Å². The largest absolute Gasteiger partial charge is 0.488 e. The number of ether oxygens (including phenoxy) is 2. The lowest BCUT2D eigenvalue weighted by molar-refractivity contribution is -0.216. The van der Waals surface area contributed by atoms with Crippen molar-refractivity contribution in [1.82, 2.24) is 5.32 Å². The van der Waals surface area contributed by atoms with Gasteiger partial charge in [-0.05, 0) is 37.3 Å². The molecule has 1 N–H and O–H groups in total. The molecule has 130 valence electrons. The van der Waals surface area contributed by atoms with Crippen molar-refractivity contribution in [2.45, 2.75) is 51.7 Å². The number of nitrogens with one attached hydrogen (secondary N) is 1. The topological polar surface area (TPSA) is 64.6 Å². The number of cyclic esters (lactones) is 1. The smallest absolute Gasteiger partial charge is 0.314 e. The number of rotatable bonds is 5. The van der Waals surface area contributed by atoms with Gasteiger partial charge in [0.15, 0.2) is 0 Å². The molecule has 2 heterocycles. The fraction of sp³-hybridized carbons (Fsp3) is 0.579. The Kier molecular flexibility index (Phi) is 4.52. The average molecular weight is 331 g/mol. The van der Waals surface area contributed by atoms with E-state index in [0.29, 0.717) is 6.54 Å². The van der Waals surface area contributed by atoms with E-state index >= 15 is 0 Å². The summed E-state index contributed by atoms with van der Waals surface area (Å²) in [7, 11) is 0. The number of carbonyl (C=O) groups is 2. The molecule has 1 aromatic carbocycles. The predicted octanol–water partition coefficient (Wildman–Crippen LogP) is 2.47. The van der Waals surface area contributed by atoms with E-state index in [2.05, 4.69) is 11.4 Å². The average Bonchev–Trinajstić information content (AvgIpc) is 2.58. The third-order valence-electron chi connectivity index (χ3n) is 5.32.